The molecule has 0 aliphatic heterocycles. The van der Waals surface area contributed by atoms with Gasteiger partial charge in [0.1, 0.15) is 6.61 Å². The minimum atomic E-state index is -0.909. The molecule has 3 aromatic rings. The zero-order valence-corrected chi connectivity index (χ0v) is 18.8. The Labute approximate surface area is 193 Å². The molecule has 1 aliphatic carbocycles. The number of amides is 1. The Kier molecular flexibility index (Phi) is 6.59. The summed E-state index contributed by atoms with van der Waals surface area (Å²) < 4.78 is 5.54. The van der Waals surface area contributed by atoms with Gasteiger partial charge < -0.3 is 15.2 Å². The summed E-state index contributed by atoms with van der Waals surface area (Å²) in [6.45, 7) is 4.35. The van der Waals surface area contributed by atoms with Crippen LogP contribution in [0.15, 0.2) is 66.7 Å². The average Bonchev–Trinajstić information content (AvgIpc) is 3.10. The number of aromatic carboxylic acids is 1. The third-order valence-corrected chi connectivity index (χ3v) is 6.00. The van der Waals surface area contributed by atoms with E-state index in [-0.39, 0.29) is 5.92 Å². The topological polar surface area (TPSA) is 75.6 Å². The largest absolute Gasteiger partial charge is 0.478 e. The molecule has 168 valence electrons. The van der Waals surface area contributed by atoms with Gasteiger partial charge in [-0.25, -0.2) is 9.59 Å². The zero-order valence-electron chi connectivity index (χ0n) is 18.8. The predicted octanol–water partition coefficient (Wildman–Crippen LogP) is 5.94. The minimum Gasteiger partial charge on any atom is -0.478 e. The normalized spacial score (nSPS) is 12.4. The van der Waals surface area contributed by atoms with Crippen LogP contribution in [0.25, 0.3) is 17.2 Å². The van der Waals surface area contributed by atoms with Gasteiger partial charge in [-0.15, -0.1) is 0 Å². The van der Waals surface area contributed by atoms with Gasteiger partial charge in [-0.1, -0.05) is 72.8 Å². The first-order valence-electron chi connectivity index (χ1n) is 11.1. The van der Waals surface area contributed by atoms with Gasteiger partial charge in [-0.2, -0.15) is 0 Å². The summed E-state index contributed by atoms with van der Waals surface area (Å²) in [7, 11) is 0. The number of alkyl carbamates (subject to hydrolysis) is 1. The first-order chi connectivity index (χ1) is 16.0. The van der Waals surface area contributed by atoms with Crippen LogP contribution in [0, 0.1) is 13.8 Å². The Morgan fingerprint density at radius 2 is 1.55 bits per heavy atom. The second-order valence-corrected chi connectivity index (χ2v) is 8.28. The number of hydrogen-bond donors (Lipinski definition) is 2. The van der Waals surface area contributed by atoms with Gasteiger partial charge >= 0.3 is 12.1 Å². The monoisotopic (exact) mass is 441 g/mol. The van der Waals surface area contributed by atoms with Crippen LogP contribution in [0.4, 0.5) is 4.79 Å². The maximum Gasteiger partial charge on any atom is 0.407 e. The fourth-order valence-corrected chi connectivity index (χ4v) is 4.56. The number of fused-ring (bicyclic) bond motifs is 3. The van der Waals surface area contributed by atoms with Crippen molar-refractivity contribution in [1.82, 2.24) is 5.32 Å². The summed E-state index contributed by atoms with van der Waals surface area (Å²) in [5.41, 5.74) is 7.55. The van der Waals surface area contributed by atoms with Crippen molar-refractivity contribution in [1.29, 1.82) is 0 Å². The first-order valence-corrected chi connectivity index (χ1v) is 11.1. The molecule has 5 nitrogen and oxygen atoms in total. The summed E-state index contributed by atoms with van der Waals surface area (Å²) in [6.07, 6.45) is 4.11. The van der Waals surface area contributed by atoms with Gasteiger partial charge in [0.2, 0.25) is 0 Å². The molecule has 0 saturated carbocycles. The number of benzene rings is 3. The molecule has 5 heteroatoms. The number of hydrogen-bond acceptors (Lipinski definition) is 3. The van der Waals surface area contributed by atoms with Gasteiger partial charge in [0.05, 0.1) is 5.56 Å². The van der Waals surface area contributed by atoms with E-state index >= 15 is 0 Å². The van der Waals surface area contributed by atoms with Crippen molar-refractivity contribution < 1.29 is 19.4 Å². The lowest BCUT2D eigenvalue weighted by Gasteiger charge is -2.14. The quantitative estimate of drug-likeness (QED) is 0.445. The summed E-state index contributed by atoms with van der Waals surface area (Å²) in [4.78, 5) is 23.5. The van der Waals surface area contributed by atoms with Crippen molar-refractivity contribution in [2.24, 2.45) is 0 Å². The third kappa shape index (κ3) is 4.82. The molecule has 33 heavy (non-hydrogen) atoms. The number of aryl methyl sites for hydroxylation is 2. The fourth-order valence-electron chi connectivity index (χ4n) is 4.56. The van der Waals surface area contributed by atoms with Crippen LogP contribution in [0.3, 0.4) is 0 Å². The Morgan fingerprint density at radius 3 is 2.12 bits per heavy atom. The number of carboxylic acids is 1. The average molecular weight is 442 g/mol. The Bertz CT molecular complexity index is 1160. The van der Waals surface area contributed by atoms with Gasteiger partial charge in [0.15, 0.2) is 0 Å². The highest BCUT2D eigenvalue weighted by atomic mass is 16.5. The standard InChI is InChI=1S/C28H27NO4/c1-18-15-20(16-19(2)26(18)27(30)31)9-7-8-14-29-28(32)33-17-25-23-12-5-3-10-21(23)22-11-4-6-13-24(22)25/h3-7,9-13,15-16,25H,8,14,17H2,1-2H3,(H,29,32)(H,30,31). The molecule has 0 unspecified atom stereocenters. The van der Waals surface area contributed by atoms with Crippen molar-refractivity contribution in [3.63, 3.8) is 0 Å². The SMILES string of the molecule is Cc1cc(C=CCCNC(=O)OCC2c3ccccc3-c3ccccc32)cc(C)c1C(=O)O. The molecule has 0 radical (unpaired) electrons. The maximum absolute atomic E-state index is 12.2. The lowest BCUT2D eigenvalue weighted by atomic mass is 9.98. The maximum atomic E-state index is 12.2. The highest BCUT2D eigenvalue weighted by Gasteiger charge is 2.28. The molecular weight excluding hydrogens is 414 g/mol. The minimum absolute atomic E-state index is 0.0447. The Morgan fingerprint density at radius 1 is 0.970 bits per heavy atom. The van der Waals surface area contributed by atoms with E-state index in [1.165, 1.54) is 22.3 Å². The molecule has 2 N–H and O–H groups in total. The summed E-state index contributed by atoms with van der Waals surface area (Å²) in [5, 5.41) is 12.1. The molecule has 0 spiro atoms. The van der Waals surface area contributed by atoms with E-state index in [2.05, 4.69) is 29.6 Å². The molecule has 0 aromatic heterocycles. The van der Waals surface area contributed by atoms with Crippen LogP contribution >= 0.6 is 0 Å². The Balaban J connectivity index is 1.28. The molecule has 0 heterocycles. The smallest absolute Gasteiger partial charge is 0.407 e. The number of carboxylic acid groups (broad SMARTS) is 1. The van der Waals surface area contributed by atoms with Crippen molar-refractivity contribution in [2.45, 2.75) is 26.2 Å². The Hall–Kier alpha value is -3.86. The van der Waals surface area contributed by atoms with Crippen LogP contribution in [0.2, 0.25) is 0 Å². The van der Waals surface area contributed by atoms with E-state index in [1.54, 1.807) is 13.8 Å². The predicted molar refractivity (Wildman–Crippen MR) is 130 cm³/mol. The molecule has 1 amide bonds. The number of ether oxygens (including phenoxy) is 1. The fraction of sp³-hybridized carbons (Fsp3) is 0.214. The van der Waals surface area contributed by atoms with Crippen LogP contribution in [-0.4, -0.2) is 30.3 Å². The summed E-state index contributed by atoms with van der Waals surface area (Å²) in [6, 6.07) is 20.2. The zero-order chi connectivity index (χ0) is 23.4. The van der Waals surface area contributed by atoms with Crippen LogP contribution in [0.1, 0.15) is 50.5 Å². The second-order valence-electron chi connectivity index (χ2n) is 8.28. The van der Waals surface area contributed by atoms with Gasteiger partial charge in [-0.05, 0) is 59.2 Å². The van der Waals surface area contributed by atoms with Gasteiger partial charge in [0.25, 0.3) is 0 Å². The number of carbonyl (C=O) groups excluding carboxylic acids is 1. The molecule has 1 aliphatic rings. The van der Waals surface area contributed by atoms with E-state index in [9.17, 15) is 14.7 Å². The molecular formula is C28H27NO4. The number of carbonyl (C=O) groups is 2. The number of rotatable bonds is 7. The van der Waals surface area contributed by atoms with Crippen LogP contribution < -0.4 is 5.32 Å². The van der Waals surface area contributed by atoms with E-state index in [1.807, 2.05) is 48.6 Å². The molecule has 0 atom stereocenters. The van der Waals surface area contributed by atoms with Gasteiger partial charge in [0, 0.05) is 12.5 Å². The number of nitrogens with one attached hydrogen (secondary N) is 1. The lowest BCUT2D eigenvalue weighted by Crippen LogP contribution is -2.26. The first kappa shape index (κ1) is 22.3. The van der Waals surface area contributed by atoms with Crippen molar-refractivity contribution in [3.05, 3.63) is 100 Å². The van der Waals surface area contributed by atoms with E-state index < -0.39 is 12.1 Å². The third-order valence-electron chi connectivity index (χ3n) is 6.00. The second kappa shape index (κ2) is 9.74. The molecule has 0 fully saturated rings. The van der Waals surface area contributed by atoms with Crippen LogP contribution in [0.5, 0.6) is 0 Å². The van der Waals surface area contributed by atoms with Crippen molar-refractivity contribution >= 4 is 18.1 Å². The molecule has 4 rings (SSSR count). The highest BCUT2D eigenvalue weighted by Crippen LogP contribution is 2.44. The molecule has 0 bridgehead atoms. The molecule has 0 saturated heterocycles. The van der Waals surface area contributed by atoms with Gasteiger partial charge in [-0.3, -0.25) is 0 Å². The van der Waals surface area contributed by atoms with E-state index in [0.717, 1.165) is 16.7 Å². The summed E-state index contributed by atoms with van der Waals surface area (Å²) >= 11 is 0. The molecule has 3 aromatic carbocycles. The van der Waals surface area contributed by atoms with E-state index in [4.69, 9.17) is 4.74 Å². The van der Waals surface area contributed by atoms with Crippen LogP contribution in [-0.2, 0) is 4.74 Å². The lowest BCUT2D eigenvalue weighted by molar-refractivity contribution is 0.0695. The van der Waals surface area contributed by atoms with E-state index in [0.29, 0.717) is 25.1 Å². The summed E-state index contributed by atoms with van der Waals surface area (Å²) in [5.74, 6) is -0.865. The highest BCUT2D eigenvalue weighted by molar-refractivity contribution is 5.91. The van der Waals surface area contributed by atoms with Crippen molar-refractivity contribution in [2.75, 3.05) is 13.2 Å². The van der Waals surface area contributed by atoms with Crippen molar-refractivity contribution in [3.8, 4) is 11.1 Å².